The normalized spacial score (nSPS) is 17.4. The Morgan fingerprint density at radius 2 is 1.67 bits per heavy atom. The molecule has 2 heterocycles. The summed E-state index contributed by atoms with van der Waals surface area (Å²) in [5.41, 5.74) is 4.59. The van der Waals surface area contributed by atoms with Crippen LogP contribution >= 0.6 is 0 Å². The van der Waals surface area contributed by atoms with Crippen molar-refractivity contribution in [3.05, 3.63) is 89.5 Å². The zero-order valence-corrected chi connectivity index (χ0v) is 16.7. The number of rotatable bonds is 3. The monoisotopic (exact) mass is 398 g/mol. The number of ether oxygens (including phenoxy) is 1. The number of benzene rings is 3. The molecular weight excluding hydrogens is 376 g/mol. The maximum atomic E-state index is 13.2. The molecule has 0 radical (unpaired) electrons. The maximum Gasteiger partial charge on any atom is 0.265 e. The van der Waals surface area contributed by atoms with Crippen molar-refractivity contribution in [3.63, 3.8) is 0 Å². The molecule has 2 amide bonds. The van der Waals surface area contributed by atoms with E-state index < -0.39 is 0 Å². The van der Waals surface area contributed by atoms with Crippen LogP contribution in [0.3, 0.4) is 0 Å². The third kappa shape index (κ3) is 3.12. The first-order valence-electron chi connectivity index (χ1n) is 10.1. The molecule has 0 N–H and O–H groups in total. The lowest BCUT2D eigenvalue weighted by molar-refractivity contribution is -0.121. The highest BCUT2D eigenvalue weighted by Gasteiger charge is 2.31. The summed E-state index contributed by atoms with van der Waals surface area (Å²) in [6.45, 7) is 2.56. The highest BCUT2D eigenvalue weighted by atomic mass is 16.5. The lowest BCUT2D eigenvalue weighted by Crippen LogP contribution is -2.38. The van der Waals surface area contributed by atoms with Crippen LogP contribution in [0.4, 0.5) is 11.4 Å². The lowest BCUT2D eigenvalue weighted by atomic mass is 10.1. The second-order valence-corrected chi connectivity index (χ2v) is 7.79. The Bertz CT molecular complexity index is 1120. The average Bonchev–Trinajstić information content (AvgIpc) is 3.11. The van der Waals surface area contributed by atoms with Gasteiger partial charge in [-0.2, -0.15) is 0 Å². The molecule has 3 aromatic carbocycles. The molecule has 5 heteroatoms. The first-order valence-corrected chi connectivity index (χ1v) is 10.1. The van der Waals surface area contributed by atoms with Crippen molar-refractivity contribution in [3.8, 4) is 5.75 Å². The van der Waals surface area contributed by atoms with Gasteiger partial charge in [-0.05, 0) is 54.8 Å². The number of nitrogens with zero attached hydrogens (tertiary/aromatic N) is 2. The van der Waals surface area contributed by atoms with E-state index in [1.165, 1.54) is 5.56 Å². The summed E-state index contributed by atoms with van der Waals surface area (Å²) < 4.78 is 5.51. The molecule has 150 valence electrons. The van der Waals surface area contributed by atoms with Crippen molar-refractivity contribution in [2.24, 2.45) is 0 Å². The van der Waals surface area contributed by atoms with Gasteiger partial charge in [0.1, 0.15) is 5.75 Å². The lowest BCUT2D eigenvalue weighted by Gasteiger charge is -2.29. The van der Waals surface area contributed by atoms with Crippen molar-refractivity contribution in [1.29, 1.82) is 0 Å². The number of hydrogen-bond acceptors (Lipinski definition) is 3. The Hall–Kier alpha value is -3.60. The minimum absolute atomic E-state index is 0.00629. The van der Waals surface area contributed by atoms with Crippen molar-refractivity contribution in [2.45, 2.75) is 25.9 Å². The molecule has 2 aliphatic heterocycles. The molecule has 0 fully saturated rings. The molecule has 0 spiro atoms. The highest BCUT2D eigenvalue weighted by molar-refractivity contribution is 6.07. The first kappa shape index (κ1) is 18.4. The van der Waals surface area contributed by atoms with Crippen molar-refractivity contribution in [2.75, 3.05) is 16.4 Å². The fourth-order valence-electron chi connectivity index (χ4n) is 4.28. The number of fused-ring (bicyclic) bond motifs is 2. The molecule has 0 aliphatic carbocycles. The topological polar surface area (TPSA) is 49.9 Å². The number of hydrogen-bond donors (Lipinski definition) is 0. The van der Waals surface area contributed by atoms with Crippen LogP contribution in [0.1, 0.15) is 28.4 Å². The third-order valence-electron chi connectivity index (χ3n) is 5.78. The van der Waals surface area contributed by atoms with Crippen LogP contribution in [0.25, 0.3) is 0 Å². The Labute approximate surface area is 175 Å². The van der Waals surface area contributed by atoms with Crippen molar-refractivity contribution >= 4 is 23.2 Å². The molecule has 0 aromatic heterocycles. The molecule has 1 unspecified atom stereocenters. The standard InChI is InChI=1S/C25H22N2O3/c1-17-14-20-6-2-3-7-21(20)27(17)25(29)19-12-10-18(11-13-19)15-26-22-8-4-5-9-23(22)30-16-24(26)28/h2-13,17H,14-16H2,1H3. The Balaban J connectivity index is 1.37. The van der Waals surface area contributed by atoms with E-state index in [-0.39, 0.29) is 24.5 Å². The van der Waals surface area contributed by atoms with E-state index in [0.717, 1.165) is 23.4 Å². The van der Waals surface area contributed by atoms with Crippen LogP contribution in [-0.2, 0) is 17.8 Å². The van der Waals surface area contributed by atoms with Gasteiger partial charge in [0, 0.05) is 17.3 Å². The number of para-hydroxylation sites is 3. The number of carbonyl (C=O) groups excluding carboxylic acids is 2. The summed E-state index contributed by atoms with van der Waals surface area (Å²) >= 11 is 0. The molecule has 0 saturated heterocycles. The summed E-state index contributed by atoms with van der Waals surface area (Å²) in [6, 6.07) is 23.3. The zero-order valence-electron chi connectivity index (χ0n) is 16.7. The van der Waals surface area contributed by atoms with Crippen LogP contribution in [0.15, 0.2) is 72.8 Å². The summed E-state index contributed by atoms with van der Waals surface area (Å²) in [7, 11) is 0. The van der Waals surface area contributed by atoms with E-state index >= 15 is 0 Å². The molecule has 0 saturated carbocycles. The van der Waals surface area contributed by atoms with Gasteiger partial charge in [0.15, 0.2) is 6.61 Å². The Kier molecular flexibility index (Phi) is 4.51. The minimum atomic E-state index is -0.0728. The zero-order chi connectivity index (χ0) is 20.7. The van der Waals surface area contributed by atoms with E-state index in [1.54, 1.807) is 4.90 Å². The number of anilines is 2. The number of amides is 2. The predicted molar refractivity (Wildman–Crippen MR) is 116 cm³/mol. The molecule has 1 atom stereocenters. The summed E-state index contributed by atoms with van der Waals surface area (Å²) in [5, 5.41) is 0. The van der Waals surface area contributed by atoms with E-state index in [0.29, 0.717) is 17.9 Å². The van der Waals surface area contributed by atoms with E-state index in [4.69, 9.17) is 4.74 Å². The molecule has 30 heavy (non-hydrogen) atoms. The van der Waals surface area contributed by atoms with Gasteiger partial charge in [0.05, 0.1) is 12.2 Å². The average molecular weight is 398 g/mol. The van der Waals surface area contributed by atoms with E-state index in [2.05, 4.69) is 13.0 Å². The second kappa shape index (κ2) is 7.34. The molecule has 5 rings (SSSR count). The van der Waals surface area contributed by atoms with Crippen LogP contribution < -0.4 is 14.5 Å². The smallest absolute Gasteiger partial charge is 0.265 e. The minimum Gasteiger partial charge on any atom is -0.482 e. The van der Waals surface area contributed by atoms with Crippen molar-refractivity contribution in [1.82, 2.24) is 0 Å². The van der Waals surface area contributed by atoms with Crippen LogP contribution in [0.5, 0.6) is 5.75 Å². The third-order valence-corrected chi connectivity index (χ3v) is 5.78. The molecule has 5 nitrogen and oxygen atoms in total. The van der Waals surface area contributed by atoms with Crippen LogP contribution in [0, 0.1) is 0 Å². The molecule has 3 aromatic rings. The van der Waals surface area contributed by atoms with Gasteiger partial charge in [-0.1, -0.05) is 42.5 Å². The van der Waals surface area contributed by atoms with Crippen LogP contribution in [-0.4, -0.2) is 24.5 Å². The van der Waals surface area contributed by atoms with Crippen molar-refractivity contribution < 1.29 is 14.3 Å². The van der Waals surface area contributed by atoms with Gasteiger partial charge in [-0.3, -0.25) is 9.59 Å². The fourth-order valence-corrected chi connectivity index (χ4v) is 4.28. The summed E-state index contributed by atoms with van der Waals surface area (Å²) in [6.07, 6.45) is 0.874. The fraction of sp³-hybridized carbons (Fsp3) is 0.200. The largest absolute Gasteiger partial charge is 0.482 e. The number of carbonyl (C=O) groups is 2. The summed E-state index contributed by atoms with van der Waals surface area (Å²) in [5.74, 6) is 0.647. The summed E-state index contributed by atoms with van der Waals surface area (Å²) in [4.78, 5) is 29.2. The quantitative estimate of drug-likeness (QED) is 0.664. The van der Waals surface area contributed by atoms with Gasteiger partial charge in [0.25, 0.3) is 11.8 Å². The highest BCUT2D eigenvalue weighted by Crippen LogP contribution is 2.34. The van der Waals surface area contributed by atoms with Crippen LogP contribution in [0.2, 0.25) is 0 Å². The Morgan fingerprint density at radius 1 is 0.967 bits per heavy atom. The first-order chi connectivity index (χ1) is 14.6. The second-order valence-electron chi connectivity index (χ2n) is 7.79. The van der Waals surface area contributed by atoms with Gasteiger partial charge in [0.2, 0.25) is 0 Å². The van der Waals surface area contributed by atoms with E-state index in [9.17, 15) is 9.59 Å². The Morgan fingerprint density at radius 3 is 2.47 bits per heavy atom. The van der Waals surface area contributed by atoms with E-state index in [1.807, 2.05) is 71.6 Å². The SMILES string of the molecule is CC1Cc2ccccc2N1C(=O)c1ccc(CN2C(=O)COc3ccccc32)cc1. The van der Waals surface area contributed by atoms with Gasteiger partial charge in [-0.25, -0.2) is 0 Å². The van der Waals surface area contributed by atoms with Gasteiger partial charge >= 0.3 is 0 Å². The molecule has 0 bridgehead atoms. The molecular formula is C25H22N2O3. The van der Waals surface area contributed by atoms with Gasteiger partial charge < -0.3 is 14.5 Å². The van der Waals surface area contributed by atoms with Gasteiger partial charge in [-0.15, -0.1) is 0 Å². The maximum absolute atomic E-state index is 13.2. The molecule has 2 aliphatic rings. The predicted octanol–water partition coefficient (Wildman–Crippen LogP) is 4.20.